The maximum absolute atomic E-state index is 12.3. The van der Waals surface area contributed by atoms with E-state index in [0.29, 0.717) is 0 Å². The van der Waals surface area contributed by atoms with E-state index >= 15 is 0 Å². The molecule has 6 nitrogen and oxygen atoms in total. The smallest absolute Gasteiger partial charge is 0.327 e. The Bertz CT molecular complexity index is 661. The average molecular weight is 334 g/mol. The number of amides is 2. The van der Waals surface area contributed by atoms with Crippen molar-refractivity contribution in [2.75, 3.05) is 0 Å². The molecule has 2 amide bonds. The number of aliphatic carboxylic acids is 1. The summed E-state index contributed by atoms with van der Waals surface area (Å²) < 4.78 is -0.578. The largest absolute Gasteiger partial charge is 0.480 e. The van der Waals surface area contributed by atoms with Crippen LogP contribution in [0.4, 0.5) is 0 Å². The standard InChI is InChI=1S/C16H18N2O4S/c1-16(2)12(15(21)22)18-13(20)11(14(18)23-16)17-10(19)8-9-6-4-3-5-7-9/h3-7,11-12,14H,8H2,1-2H3,(H,17,19)(H,21,22)/t11-,12-,14+/m1/s1. The van der Waals surface area contributed by atoms with Crippen LogP contribution in [0, 0.1) is 0 Å². The van der Waals surface area contributed by atoms with Crippen LogP contribution in [0.1, 0.15) is 19.4 Å². The first-order chi connectivity index (χ1) is 10.8. The van der Waals surface area contributed by atoms with E-state index in [1.165, 1.54) is 16.7 Å². The lowest BCUT2D eigenvalue weighted by atomic mass is 9.96. The molecule has 0 radical (unpaired) electrons. The second-order valence-corrected chi connectivity index (χ2v) is 8.08. The van der Waals surface area contributed by atoms with E-state index in [4.69, 9.17) is 0 Å². The van der Waals surface area contributed by atoms with Crippen LogP contribution in [0.25, 0.3) is 0 Å². The molecule has 2 heterocycles. The number of hydrogen-bond acceptors (Lipinski definition) is 4. The highest BCUT2D eigenvalue weighted by molar-refractivity contribution is 8.01. The number of fused-ring (bicyclic) bond motifs is 1. The van der Waals surface area contributed by atoms with E-state index in [1.54, 1.807) is 0 Å². The Hall–Kier alpha value is -2.02. The molecule has 0 saturated carbocycles. The molecule has 2 saturated heterocycles. The molecule has 2 N–H and O–H groups in total. The van der Waals surface area contributed by atoms with Crippen molar-refractivity contribution in [3.8, 4) is 0 Å². The fraction of sp³-hybridized carbons (Fsp3) is 0.438. The molecule has 0 aromatic heterocycles. The maximum atomic E-state index is 12.3. The van der Waals surface area contributed by atoms with Gasteiger partial charge in [-0.1, -0.05) is 30.3 Å². The van der Waals surface area contributed by atoms with Crippen molar-refractivity contribution in [1.82, 2.24) is 10.2 Å². The van der Waals surface area contributed by atoms with Crippen LogP contribution >= 0.6 is 11.8 Å². The minimum absolute atomic E-state index is 0.202. The summed E-state index contributed by atoms with van der Waals surface area (Å²) in [6, 6.07) is 7.78. The molecule has 2 aliphatic heterocycles. The van der Waals surface area contributed by atoms with Gasteiger partial charge in [0.2, 0.25) is 11.8 Å². The highest BCUT2D eigenvalue weighted by atomic mass is 32.2. The molecular formula is C16H18N2O4S. The van der Waals surface area contributed by atoms with Gasteiger partial charge in [-0.05, 0) is 19.4 Å². The van der Waals surface area contributed by atoms with Crippen molar-refractivity contribution in [3.63, 3.8) is 0 Å². The van der Waals surface area contributed by atoms with Crippen LogP contribution in [0.3, 0.4) is 0 Å². The normalized spacial score (nSPS) is 28.0. The summed E-state index contributed by atoms with van der Waals surface area (Å²) in [5, 5.41) is 11.8. The van der Waals surface area contributed by atoms with Crippen molar-refractivity contribution >= 4 is 29.5 Å². The first kappa shape index (κ1) is 15.9. The van der Waals surface area contributed by atoms with Crippen LogP contribution in [0.5, 0.6) is 0 Å². The summed E-state index contributed by atoms with van der Waals surface area (Å²) in [6.45, 7) is 3.62. The summed E-state index contributed by atoms with van der Waals surface area (Å²) in [6.07, 6.45) is 0.202. The quantitative estimate of drug-likeness (QED) is 0.798. The van der Waals surface area contributed by atoms with Crippen molar-refractivity contribution in [3.05, 3.63) is 35.9 Å². The zero-order valence-electron chi connectivity index (χ0n) is 12.9. The Labute approximate surface area is 138 Å². The molecule has 122 valence electrons. The van der Waals surface area contributed by atoms with E-state index in [-0.39, 0.29) is 23.6 Å². The highest BCUT2D eigenvalue weighted by Crippen LogP contribution is 2.50. The first-order valence-corrected chi connectivity index (χ1v) is 8.25. The summed E-state index contributed by atoms with van der Waals surface area (Å²) in [5.74, 6) is -1.55. The van der Waals surface area contributed by atoms with Gasteiger partial charge < -0.3 is 15.3 Å². The lowest BCUT2D eigenvalue weighted by Gasteiger charge is -2.43. The van der Waals surface area contributed by atoms with Gasteiger partial charge in [-0.2, -0.15) is 0 Å². The number of benzene rings is 1. The molecular weight excluding hydrogens is 316 g/mol. The Morgan fingerprint density at radius 3 is 2.57 bits per heavy atom. The summed E-state index contributed by atoms with van der Waals surface area (Å²) >= 11 is 1.42. The lowest BCUT2D eigenvalue weighted by Crippen LogP contribution is -2.70. The predicted octanol–water partition coefficient (Wildman–Crippen LogP) is 0.861. The van der Waals surface area contributed by atoms with E-state index < -0.39 is 22.8 Å². The molecule has 0 bridgehead atoms. The maximum Gasteiger partial charge on any atom is 0.327 e. The second kappa shape index (κ2) is 5.56. The van der Waals surface area contributed by atoms with Crippen LogP contribution in [-0.2, 0) is 20.8 Å². The van der Waals surface area contributed by atoms with Crippen molar-refractivity contribution in [1.29, 1.82) is 0 Å². The van der Waals surface area contributed by atoms with Gasteiger partial charge in [0.15, 0.2) is 0 Å². The van der Waals surface area contributed by atoms with Crippen LogP contribution < -0.4 is 5.32 Å². The van der Waals surface area contributed by atoms with Gasteiger partial charge >= 0.3 is 5.97 Å². The zero-order valence-corrected chi connectivity index (χ0v) is 13.7. The van der Waals surface area contributed by atoms with Crippen molar-refractivity contribution in [2.45, 2.75) is 42.5 Å². The van der Waals surface area contributed by atoms with Gasteiger partial charge in [-0.25, -0.2) is 4.79 Å². The number of carbonyl (C=O) groups excluding carboxylic acids is 2. The van der Waals surface area contributed by atoms with E-state index in [0.717, 1.165) is 5.56 Å². The van der Waals surface area contributed by atoms with Gasteiger partial charge in [-0.3, -0.25) is 9.59 Å². The molecule has 1 aromatic rings. The van der Waals surface area contributed by atoms with Gasteiger partial charge in [-0.15, -0.1) is 11.8 Å². The van der Waals surface area contributed by atoms with Gasteiger partial charge in [0.1, 0.15) is 17.5 Å². The molecule has 1 aromatic carbocycles. The van der Waals surface area contributed by atoms with Crippen LogP contribution in [0.2, 0.25) is 0 Å². The number of β-lactam (4-membered cyclic amide) rings is 1. The number of hydrogen-bond donors (Lipinski definition) is 2. The van der Waals surface area contributed by atoms with Crippen molar-refractivity contribution in [2.24, 2.45) is 0 Å². The number of rotatable bonds is 4. The number of nitrogens with one attached hydrogen (secondary N) is 1. The van der Waals surface area contributed by atoms with Gasteiger partial charge in [0.25, 0.3) is 0 Å². The number of carbonyl (C=O) groups is 3. The summed E-state index contributed by atoms with van der Waals surface area (Å²) in [7, 11) is 0. The van der Waals surface area contributed by atoms with E-state index in [1.807, 2.05) is 44.2 Å². The third-order valence-electron chi connectivity index (χ3n) is 4.20. The second-order valence-electron chi connectivity index (χ2n) is 6.31. The van der Waals surface area contributed by atoms with E-state index in [9.17, 15) is 19.5 Å². The van der Waals surface area contributed by atoms with Crippen LogP contribution in [-0.4, -0.2) is 50.0 Å². The molecule has 0 aliphatic carbocycles. The molecule has 2 aliphatic rings. The number of nitrogens with zero attached hydrogens (tertiary/aromatic N) is 1. The minimum Gasteiger partial charge on any atom is -0.480 e. The monoisotopic (exact) mass is 334 g/mol. The lowest BCUT2D eigenvalue weighted by molar-refractivity contribution is -0.161. The molecule has 23 heavy (non-hydrogen) atoms. The molecule has 7 heteroatoms. The van der Waals surface area contributed by atoms with Crippen molar-refractivity contribution < 1.29 is 19.5 Å². The van der Waals surface area contributed by atoms with E-state index in [2.05, 4.69) is 5.32 Å². The van der Waals surface area contributed by atoms with Gasteiger partial charge in [0, 0.05) is 4.75 Å². The Kier molecular flexibility index (Phi) is 3.83. The minimum atomic E-state index is -1.01. The fourth-order valence-corrected chi connectivity index (χ4v) is 4.78. The predicted molar refractivity (Wildman–Crippen MR) is 85.8 cm³/mol. The zero-order chi connectivity index (χ0) is 16.8. The Balaban J connectivity index is 1.66. The first-order valence-electron chi connectivity index (χ1n) is 7.37. The Morgan fingerprint density at radius 1 is 1.30 bits per heavy atom. The molecule has 0 spiro atoms. The third-order valence-corrected chi connectivity index (χ3v) is 5.77. The SMILES string of the molecule is CC1(C)S[C@H]2[C@H](NC(=O)Cc3ccccc3)C(=O)N2[C@@H]1C(=O)O. The molecule has 3 rings (SSSR count). The number of carboxylic acids is 1. The number of carboxylic acid groups (broad SMARTS) is 1. The third kappa shape index (κ3) is 2.69. The fourth-order valence-electron chi connectivity index (χ4n) is 3.15. The molecule has 3 atom stereocenters. The molecule has 2 fully saturated rings. The average Bonchev–Trinajstić information content (AvgIpc) is 2.74. The highest BCUT2D eigenvalue weighted by Gasteiger charge is 2.64. The molecule has 0 unspecified atom stereocenters. The Morgan fingerprint density at radius 2 is 1.96 bits per heavy atom. The van der Waals surface area contributed by atoms with Crippen LogP contribution in [0.15, 0.2) is 30.3 Å². The topological polar surface area (TPSA) is 86.7 Å². The summed E-state index contributed by atoms with van der Waals surface area (Å²) in [4.78, 5) is 37.2. The summed E-state index contributed by atoms with van der Waals surface area (Å²) in [5.41, 5.74) is 0.872. The van der Waals surface area contributed by atoms with Gasteiger partial charge in [0.05, 0.1) is 6.42 Å². The number of thioether (sulfide) groups is 1.